The molecule has 4 aromatic rings. The molecule has 1 saturated heterocycles. The number of amidine groups is 1. The maximum absolute atomic E-state index is 15.2. The topological polar surface area (TPSA) is 100 Å². The van der Waals surface area contributed by atoms with Gasteiger partial charge in [-0.1, -0.05) is 12.1 Å². The zero-order valence-corrected chi connectivity index (χ0v) is 19.0. The number of halogens is 1. The third kappa shape index (κ3) is 3.39. The summed E-state index contributed by atoms with van der Waals surface area (Å²) in [6.07, 6.45) is 0. The fourth-order valence-electron chi connectivity index (χ4n) is 4.41. The Morgan fingerprint density at radius 2 is 2.09 bits per heavy atom. The van der Waals surface area contributed by atoms with E-state index >= 15 is 4.39 Å². The Morgan fingerprint density at radius 3 is 2.88 bits per heavy atom. The summed E-state index contributed by atoms with van der Waals surface area (Å²) in [6, 6.07) is 8.81. The smallest absolute Gasteiger partial charge is 0.258 e. The molecule has 0 saturated carbocycles. The number of amides is 1. The van der Waals surface area contributed by atoms with Crippen LogP contribution >= 0.6 is 11.3 Å². The number of rotatable bonds is 4. The predicted molar refractivity (Wildman–Crippen MR) is 130 cm³/mol. The number of carbonyl (C=O) groups is 1. The molecule has 11 heteroatoms. The minimum absolute atomic E-state index is 0.0207. The van der Waals surface area contributed by atoms with E-state index in [2.05, 4.69) is 20.6 Å². The summed E-state index contributed by atoms with van der Waals surface area (Å²) in [6.45, 7) is 3.55. The van der Waals surface area contributed by atoms with E-state index in [0.29, 0.717) is 49.2 Å². The van der Waals surface area contributed by atoms with Crippen LogP contribution in [0.2, 0.25) is 0 Å². The number of benzene rings is 1. The van der Waals surface area contributed by atoms with Gasteiger partial charge >= 0.3 is 0 Å². The number of para-hydroxylation sites is 1. The average Bonchev–Trinajstić information content (AvgIpc) is 3.51. The average molecular weight is 481 g/mol. The molecular formula is C23H21FN6O3S. The van der Waals surface area contributed by atoms with Crippen molar-refractivity contribution in [3.05, 3.63) is 51.9 Å². The minimum atomic E-state index is -0.596. The molecule has 2 aliphatic rings. The lowest BCUT2D eigenvalue weighted by Gasteiger charge is -2.28. The van der Waals surface area contributed by atoms with Gasteiger partial charge in [0, 0.05) is 19.6 Å². The van der Waals surface area contributed by atoms with Gasteiger partial charge in [-0.2, -0.15) is 0 Å². The van der Waals surface area contributed by atoms with Crippen LogP contribution in [0.4, 0.5) is 10.2 Å². The van der Waals surface area contributed by atoms with Crippen molar-refractivity contribution >= 4 is 55.0 Å². The molecule has 2 N–H and O–H groups in total. The van der Waals surface area contributed by atoms with Crippen molar-refractivity contribution < 1.29 is 13.9 Å². The molecule has 1 aromatic carbocycles. The van der Waals surface area contributed by atoms with E-state index in [-0.39, 0.29) is 23.3 Å². The third-order valence-electron chi connectivity index (χ3n) is 6.05. The van der Waals surface area contributed by atoms with Crippen LogP contribution in [0.5, 0.6) is 0 Å². The van der Waals surface area contributed by atoms with Crippen LogP contribution in [-0.2, 0) is 4.74 Å². The Hall–Kier alpha value is -3.57. The summed E-state index contributed by atoms with van der Waals surface area (Å²) in [7, 11) is 0. The number of ether oxygens (including phenoxy) is 1. The highest BCUT2D eigenvalue weighted by atomic mass is 32.1. The Bertz CT molecular complexity index is 1540. The highest BCUT2D eigenvalue weighted by Crippen LogP contribution is 2.32. The minimum Gasteiger partial charge on any atom is -0.378 e. The number of hydrogen-bond donors (Lipinski definition) is 2. The summed E-state index contributed by atoms with van der Waals surface area (Å²) in [5.41, 5.74) is 0.571. The van der Waals surface area contributed by atoms with Gasteiger partial charge < -0.3 is 20.3 Å². The summed E-state index contributed by atoms with van der Waals surface area (Å²) < 4.78 is 23.3. The van der Waals surface area contributed by atoms with Crippen molar-refractivity contribution in [2.24, 2.45) is 4.99 Å². The lowest BCUT2D eigenvalue weighted by molar-refractivity contribution is 0.0959. The normalized spacial score (nSPS) is 16.3. The molecule has 3 aromatic heterocycles. The number of fused-ring (bicyclic) bond motifs is 5. The zero-order chi connectivity index (χ0) is 23.2. The quantitative estimate of drug-likeness (QED) is 0.462. The van der Waals surface area contributed by atoms with Crippen molar-refractivity contribution in [1.82, 2.24) is 20.0 Å². The van der Waals surface area contributed by atoms with Crippen molar-refractivity contribution in [1.29, 1.82) is 0 Å². The summed E-state index contributed by atoms with van der Waals surface area (Å²) >= 11 is 1.34. The van der Waals surface area contributed by atoms with E-state index in [4.69, 9.17) is 4.74 Å². The number of aromatic nitrogens is 2. The molecule has 0 radical (unpaired) electrons. The van der Waals surface area contributed by atoms with Gasteiger partial charge in [0.05, 0.1) is 41.9 Å². The number of morpholine rings is 1. The Kier molecular flexibility index (Phi) is 5.15. The van der Waals surface area contributed by atoms with Gasteiger partial charge in [-0.05, 0) is 18.2 Å². The maximum Gasteiger partial charge on any atom is 0.258 e. The molecule has 9 nitrogen and oxygen atoms in total. The maximum atomic E-state index is 15.2. The molecule has 174 valence electrons. The van der Waals surface area contributed by atoms with Crippen LogP contribution in [0.3, 0.4) is 0 Å². The molecule has 0 unspecified atom stereocenters. The van der Waals surface area contributed by atoms with Gasteiger partial charge in [-0.25, -0.2) is 9.37 Å². The van der Waals surface area contributed by atoms with E-state index in [9.17, 15) is 9.59 Å². The van der Waals surface area contributed by atoms with E-state index in [1.54, 1.807) is 4.40 Å². The van der Waals surface area contributed by atoms with Crippen molar-refractivity contribution in [2.75, 3.05) is 50.8 Å². The lowest BCUT2D eigenvalue weighted by atomic mass is 10.1. The molecule has 5 heterocycles. The van der Waals surface area contributed by atoms with Gasteiger partial charge in [-0.3, -0.25) is 19.0 Å². The molecule has 6 rings (SSSR count). The molecule has 2 aliphatic heterocycles. The van der Waals surface area contributed by atoms with Crippen molar-refractivity contribution in [3.8, 4) is 0 Å². The molecule has 0 atom stereocenters. The number of hydrogen-bond acceptors (Lipinski definition) is 8. The second-order valence-electron chi connectivity index (χ2n) is 8.12. The Balaban J connectivity index is 1.58. The van der Waals surface area contributed by atoms with Crippen LogP contribution in [0, 0.1) is 5.82 Å². The fraction of sp³-hybridized carbons (Fsp3) is 0.304. The number of pyridine rings is 2. The monoisotopic (exact) mass is 480 g/mol. The van der Waals surface area contributed by atoms with Crippen LogP contribution in [0.25, 0.3) is 26.1 Å². The van der Waals surface area contributed by atoms with E-state index in [1.807, 2.05) is 29.2 Å². The second kappa shape index (κ2) is 8.33. The molecule has 0 spiro atoms. The summed E-state index contributed by atoms with van der Waals surface area (Å²) in [4.78, 5) is 38.0. The van der Waals surface area contributed by atoms with E-state index in [1.165, 1.54) is 17.4 Å². The summed E-state index contributed by atoms with van der Waals surface area (Å²) in [5, 5.41) is 5.94. The van der Waals surface area contributed by atoms with Gasteiger partial charge in [-0.15, -0.1) is 11.3 Å². The first-order valence-corrected chi connectivity index (χ1v) is 11.9. The standard InChI is InChI=1S/C23H21FN6O3S/c24-14-11-13-19(31)18(22(32)27-12-17-25-5-6-26-17)23-30(15-3-1-2-4-16(15)34-23)20(13)28-21(14)29-7-9-33-10-8-29/h1-4,11H,5-10,12H2,(H,25,26)(H,27,32). The van der Waals surface area contributed by atoms with Crippen LogP contribution in [0.15, 0.2) is 40.1 Å². The number of carbonyl (C=O) groups excluding carboxylic acids is 1. The first kappa shape index (κ1) is 21.0. The molecule has 0 bridgehead atoms. The molecule has 34 heavy (non-hydrogen) atoms. The second-order valence-corrected chi connectivity index (χ2v) is 9.15. The first-order valence-electron chi connectivity index (χ1n) is 11.1. The number of thiazole rings is 1. The zero-order valence-electron chi connectivity index (χ0n) is 18.1. The van der Waals surface area contributed by atoms with E-state index < -0.39 is 17.2 Å². The third-order valence-corrected chi connectivity index (χ3v) is 7.19. The highest BCUT2D eigenvalue weighted by Gasteiger charge is 2.26. The Morgan fingerprint density at radius 1 is 1.26 bits per heavy atom. The molecular weight excluding hydrogens is 459 g/mol. The number of nitrogens with one attached hydrogen (secondary N) is 2. The van der Waals surface area contributed by atoms with Gasteiger partial charge in [0.15, 0.2) is 17.3 Å². The molecule has 1 amide bonds. The van der Waals surface area contributed by atoms with Crippen molar-refractivity contribution in [3.63, 3.8) is 0 Å². The fourth-order valence-corrected chi connectivity index (χ4v) is 5.60. The van der Waals surface area contributed by atoms with Crippen LogP contribution in [0.1, 0.15) is 10.4 Å². The largest absolute Gasteiger partial charge is 0.378 e. The number of nitrogens with zero attached hydrogens (tertiary/aromatic N) is 4. The van der Waals surface area contributed by atoms with E-state index in [0.717, 1.165) is 16.8 Å². The van der Waals surface area contributed by atoms with Crippen LogP contribution in [-0.4, -0.2) is 67.1 Å². The lowest BCUT2D eigenvalue weighted by Crippen LogP contribution is -2.38. The van der Waals surface area contributed by atoms with Crippen molar-refractivity contribution in [2.45, 2.75) is 0 Å². The first-order chi connectivity index (χ1) is 16.6. The molecule has 1 fully saturated rings. The number of anilines is 1. The van der Waals surface area contributed by atoms with Gasteiger partial charge in [0.2, 0.25) is 5.43 Å². The van der Waals surface area contributed by atoms with Gasteiger partial charge in [0.25, 0.3) is 5.91 Å². The number of aliphatic imine (C=N–C) groups is 1. The highest BCUT2D eigenvalue weighted by molar-refractivity contribution is 7.24. The SMILES string of the molecule is O=C(NCC1=NCCN1)c1c(=O)c2cc(F)c(N3CCOCC3)nc2n2c1sc1ccccc12. The predicted octanol–water partition coefficient (Wildman–Crippen LogP) is 1.77. The van der Waals surface area contributed by atoms with Gasteiger partial charge in [0.1, 0.15) is 16.2 Å². The Labute approximate surface area is 196 Å². The molecule has 0 aliphatic carbocycles. The summed E-state index contributed by atoms with van der Waals surface area (Å²) in [5.74, 6) is -0.265. The van der Waals surface area contributed by atoms with Crippen LogP contribution < -0.4 is 21.0 Å².